The van der Waals surface area contributed by atoms with E-state index >= 15 is 0 Å². The van der Waals surface area contributed by atoms with Crippen LogP contribution in [0.4, 0.5) is 0 Å². The fourth-order valence-electron chi connectivity index (χ4n) is 15.1. The van der Waals surface area contributed by atoms with E-state index in [-0.39, 0.29) is 25.3 Å². The number of rotatable bonds is 10. The number of benzene rings is 14. The van der Waals surface area contributed by atoms with E-state index in [4.69, 9.17) is 0 Å². The van der Waals surface area contributed by atoms with Crippen LogP contribution in [0.25, 0.3) is 121 Å². The molecule has 2 aliphatic heterocycles. The van der Waals surface area contributed by atoms with Crippen LogP contribution in [-0.2, 0) is 0 Å². The minimum absolute atomic E-state index is 0.106. The van der Waals surface area contributed by atoms with E-state index in [2.05, 4.69) is 307 Å². The lowest BCUT2D eigenvalue weighted by molar-refractivity contribution is 0.876. The lowest BCUT2D eigenvalue weighted by Crippen LogP contribution is -2.57. The van der Waals surface area contributed by atoms with Crippen molar-refractivity contribution in [1.82, 2.24) is 0 Å². The highest BCUT2D eigenvalue weighted by molar-refractivity contribution is 7.01. The Morgan fingerprint density at radius 1 is 0.214 bits per heavy atom. The minimum Gasteiger partial charge on any atom is -0.0664 e. The van der Waals surface area contributed by atoms with Gasteiger partial charge in [-0.1, -0.05) is 303 Å². The van der Waals surface area contributed by atoms with Crippen LogP contribution in [0.3, 0.4) is 0 Å². The molecule has 0 spiro atoms. The molecule has 84 heavy (non-hydrogen) atoms. The first kappa shape index (κ1) is 50.0. The van der Waals surface area contributed by atoms with E-state index in [0.717, 1.165) is 0 Å². The SMILES string of the molecule is CC(C)c1cc2c3c(cc4c(C(C)C)cc5c6c(cc1c3c46)B(c1c(-c3ccccc3)cc(-c3ccccc3)cc1-c1ccccc1)c1ccccc1-5)B(c1c(-c3ccccc3)cc(-c3ccccc3)cc1-c1ccccc1)c1ccccc1-2. The van der Waals surface area contributed by atoms with E-state index in [0.29, 0.717) is 0 Å². The van der Waals surface area contributed by atoms with Crippen molar-refractivity contribution >= 4 is 78.5 Å². The average molecular weight is 1070 g/mol. The van der Waals surface area contributed by atoms with Crippen LogP contribution < -0.4 is 32.8 Å². The molecule has 0 unspecified atom stereocenters. The Kier molecular flexibility index (Phi) is 11.9. The molecule has 0 atom stereocenters. The van der Waals surface area contributed by atoms with Crippen molar-refractivity contribution in [1.29, 1.82) is 0 Å². The molecule has 0 aromatic heterocycles. The molecule has 0 nitrogen and oxygen atoms in total. The summed E-state index contributed by atoms with van der Waals surface area (Å²) >= 11 is 0. The third-order valence-corrected chi connectivity index (χ3v) is 18.7. The Morgan fingerprint density at radius 3 is 0.786 bits per heavy atom. The van der Waals surface area contributed by atoms with E-state index < -0.39 is 0 Å². The maximum absolute atomic E-state index is 2.70. The molecule has 2 heterocycles. The molecule has 394 valence electrons. The Morgan fingerprint density at radius 2 is 0.488 bits per heavy atom. The number of fused-ring (bicyclic) bond motifs is 4. The van der Waals surface area contributed by atoms with Gasteiger partial charge in [-0.3, -0.25) is 0 Å². The van der Waals surface area contributed by atoms with Gasteiger partial charge in [-0.05, 0) is 181 Å². The van der Waals surface area contributed by atoms with Crippen LogP contribution >= 0.6 is 0 Å². The Hall–Kier alpha value is -9.75. The van der Waals surface area contributed by atoms with Crippen LogP contribution in [0.2, 0.25) is 0 Å². The fraction of sp³-hybridized carbons (Fsp3) is 0.0732. The van der Waals surface area contributed by atoms with E-state index in [1.807, 2.05) is 0 Å². The quantitative estimate of drug-likeness (QED) is 0.0946. The van der Waals surface area contributed by atoms with E-state index in [1.165, 1.54) is 165 Å². The first-order chi connectivity index (χ1) is 41.4. The molecule has 0 radical (unpaired) electrons. The van der Waals surface area contributed by atoms with Gasteiger partial charge < -0.3 is 0 Å². The van der Waals surface area contributed by atoms with E-state index in [9.17, 15) is 0 Å². The van der Waals surface area contributed by atoms with Crippen LogP contribution in [-0.4, -0.2) is 13.4 Å². The zero-order chi connectivity index (χ0) is 56.2. The summed E-state index contributed by atoms with van der Waals surface area (Å²) in [5, 5.41) is 8.29. The maximum Gasteiger partial charge on any atom is 0.244 e. The molecule has 0 aliphatic carbocycles. The molecule has 0 N–H and O–H groups in total. The normalized spacial score (nSPS) is 12.5. The standard InChI is InChI=1S/C82H60B2/c1-51(2)63-47-69-61-39-23-25-41-73(61)84(82-67(57-35-19-9-20-36-57)45-60(54-29-13-6-14-30-54)46-68(82)58-37-21-10-22-38-58)76-50-72-64(52(3)4)48-70-62-40-24-26-42-74(62)83(75-49-71(63)79(77(69)76)80(72)78(70)75)81-65(55-31-15-7-16-32-55)43-59(53-27-11-5-12-28-53)44-66(81)56-33-17-8-18-34-56/h5-52H,1-4H3. The lowest BCUT2D eigenvalue weighted by Gasteiger charge is -2.36. The summed E-state index contributed by atoms with van der Waals surface area (Å²) in [4.78, 5) is 0. The molecule has 14 aromatic carbocycles. The van der Waals surface area contributed by atoms with Crippen molar-refractivity contribution in [2.75, 3.05) is 0 Å². The Bertz CT molecular complexity index is 4420. The van der Waals surface area contributed by atoms with Crippen molar-refractivity contribution in [2.24, 2.45) is 0 Å². The van der Waals surface area contributed by atoms with Gasteiger partial charge >= 0.3 is 0 Å². The zero-order valence-corrected chi connectivity index (χ0v) is 47.9. The van der Waals surface area contributed by atoms with Crippen molar-refractivity contribution in [2.45, 2.75) is 39.5 Å². The molecule has 0 amide bonds. The summed E-state index contributed by atoms with van der Waals surface area (Å²) in [5.41, 5.74) is 31.0. The number of hydrogen-bond acceptors (Lipinski definition) is 0. The Balaban J connectivity index is 1.08. The second kappa shape index (κ2) is 20.0. The van der Waals surface area contributed by atoms with Gasteiger partial charge in [0.15, 0.2) is 0 Å². The van der Waals surface area contributed by atoms with Crippen LogP contribution in [0.1, 0.15) is 50.7 Å². The first-order valence-corrected chi connectivity index (χ1v) is 30.1. The molecule has 0 saturated heterocycles. The Labute approximate surface area is 494 Å². The first-order valence-electron chi connectivity index (χ1n) is 30.1. The second-order valence-electron chi connectivity index (χ2n) is 24.1. The van der Waals surface area contributed by atoms with Gasteiger partial charge in [0.2, 0.25) is 13.4 Å². The number of hydrogen-bond donors (Lipinski definition) is 0. The van der Waals surface area contributed by atoms with Gasteiger partial charge in [0.05, 0.1) is 0 Å². The molecule has 0 fully saturated rings. The summed E-state index contributed by atoms with van der Waals surface area (Å²) in [7, 11) is 0. The predicted octanol–water partition coefficient (Wildman–Crippen LogP) is 17.8. The summed E-state index contributed by atoms with van der Waals surface area (Å²) < 4.78 is 0. The van der Waals surface area contributed by atoms with Gasteiger partial charge in [-0.15, -0.1) is 0 Å². The van der Waals surface area contributed by atoms with Crippen molar-refractivity contribution < 1.29 is 0 Å². The molecule has 16 rings (SSSR count). The zero-order valence-electron chi connectivity index (χ0n) is 47.9. The van der Waals surface area contributed by atoms with Crippen molar-refractivity contribution in [3.8, 4) is 89.0 Å². The van der Waals surface area contributed by atoms with Crippen molar-refractivity contribution in [3.05, 3.63) is 290 Å². The predicted molar refractivity (Wildman–Crippen MR) is 364 cm³/mol. The van der Waals surface area contributed by atoms with Gasteiger partial charge in [0, 0.05) is 0 Å². The van der Waals surface area contributed by atoms with Gasteiger partial charge in [0.1, 0.15) is 0 Å². The highest BCUT2D eigenvalue weighted by Crippen LogP contribution is 2.49. The van der Waals surface area contributed by atoms with Gasteiger partial charge in [-0.25, -0.2) is 0 Å². The summed E-state index contributed by atoms with van der Waals surface area (Å²) in [6.45, 7) is 9.44. The van der Waals surface area contributed by atoms with Crippen LogP contribution in [0, 0.1) is 0 Å². The highest BCUT2D eigenvalue weighted by Gasteiger charge is 2.41. The molecule has 0 bridgehead atoms. The smallest absolute Gasteiger partial charge is 0.0664 e. The molecule has 14 aromatic rings. The highest BCUT2D eigenvalue weighted by atomic mass is 14.3. The molecule has 0 saturated carbocycles. The molecular formula is C82H60B2. The average Bonchev–Trinajstić information content (AvgIpc) is 0.819. The minimum atomic E-state index is -0.106. The van der Waals surface area contributed by atoms with Crippen molar-refractivity contribution in [3.63, 3.8) is 0 Å². The fourth-order valence-corrected chi connectivity index (χ4v) is 15.1. The van der Waals surface area contributed by atoms with Gasteiger partial charge in [-0.2, -0.15) is 0 Å². The topological polar surface area (TPSA) is 0 Å². The van der Waals surface area contributed by atoms with E-state index in [1.54, 1.807) is 0 Å². The maximum atomic E-state index is 2.70. The summed E-state index contributed by atoms with van der Waals surface area (Å²) in [6.07, 6.45) is 0. The third kappa shape index (κ3) is 7.84. The van der Waals surface area contributed by atoms with Crippen LogP contribution in [0.15, 0.2) is 279 Å². The third-order valence-electron chi connectivity index (χ3n) is 18.7. The molecule has 2 aliphatic rings. The van der Waals surface area contributed by atoms with Crippen LogP contribution in [0.5, 0.6) is 0 Å². The second-order valence-corrected chi connectivity index (χ2v) is 24.1. The summed E-state index contributed by atoms with van der Waals surface area (Å²) in [5.74, 6) is 0.490. The lowest BCUT2D eigenvalue weighted by atomic mass is 9.31. The molecule has 2 heteroatoms. The monoisotopic (exact) mass is 1070 g/mol. The summed E-state index contributed by atoms with van der Waals surface area (Å²) in [6, 6.07) is 106. The van der Waals surface area contributed by atoms with Gasteiger partial charge in [0.25, 0.3) is 0 Å². The molecular weight excluding hydrogens is 1010 g/mol. The largest absolute Gasteiger partial charge is 0.244 e.